The van der Waals surface area contributed by atoms with Gasteiger partial charge in [0.25, 0.3) is 5.91 Å². The van der Waals surface area contributed by atoms with E-state index in [9.17, 15) is 9.59 Å². The second kappa shape index (κ2) is 11.1. The predicted molar refractivity (Wildman–Crippen MR) is 135 cm³/mol. The van der Waals surface area contributed by atoms with Crippen LogP contribution in [0.15, 0.2) is 48.3 Å². The Bertz CT molecular complexity index is 1230. The number of hydrogen-bond acceptors (Lipinski definition) is 5. The number of pyridine rings is 1. The molecule has 2 heterocycles. The molecule has 1 fully saturated rings. The summed E-state index contributed by atoms with van der Waals surface area (Å²) < 4.78 is 5.33. The second-order valence-corrected chi connectivity index (χ2v) is 9.06. The van der Waals surface area contributed by atoms with Gasteiger partial charge in [-0.05, 0) is 74.1 Å². The highest BCUT2D eigenvalue weighted by atomic mass is 16.5. The van der Waals surface area contributed by atoms with Gasteiger partial charge in [0.2, 0.25) is 0 Å². The Kier molecular flexibility index (Phi) is 7.75. The fourth-order valence-electron chi connectivity index (χ4n) is 4.18. The van der Waals surface area contributed by atoms with Gasteiger partial charge in [-0.2, -0.15) is 0 Å². The number of aromatic nitrogens is 3. The molecule has 0 unspecified atom stereocenters. The van der Waals surface area contributed by atoms with Crippen molar-refractivity contribution in [3.05, 3.63) is 76.5 Å². The second-order valence-electron chi connectivity index (χ2n) is 9.06. The van der Waals surface area contributed by atoms with Crippen LogP contribution in [-0.2, 0) is 16.1 Å². The largest absolute Gasteiger partial charge is 0.463 e. The van der Waals surface area contributed by atoms with E-state index in [-0.39, 0.29) is 17.7 Å². The van der Waals surface area contributed by atoms with Crippen molar-refractivity contribution in [2.45, 2.75) is 53.0 Å². The van der Waals surface area contributed by atoms with E-state index < -0.39 is 0 Å². The summed E-state index contributed by atoms with van der Waals surface area (Å²) in [6, 6.07) is 9.75. The monoisotopic (exact) mass is 472 g/mol. The third kappa shape index (κ3) is 6.04. The molecule has 0 radical (unpaired) electrons. The zero-order chi connectivity index (χ0) is 24.8. The highest BCUT2D eigenvalue weighted by molar-refractivity contribution is 5.94. The Morgan fingerprint density at radius 1 is 1.17 bits per heavy atom. The van der Waals surface area contributed by atoms with Gasteiger partial charge in [0, 0.05) is 35.8 Å². The molecule has 4 rings (SSSR count). The molecule has 1 aliphatic rings. The van der Waals surface area contributed by atoms with Crippen LogP contribution < -0.4 is 5.32 Å². The SMILES string of the molecule is CCOC(=O)/C(=C/c1cc(-c2nc(C(=O)NCc3ccncc3)[nH]c2C)ccc1C)CC1CCC1. The molecule has 2 aromatic heterocycles. The average Bonchev–Trinajstić information content (AvgIpc) is 3.22. The number of aromatic amines is 1. The highest BCUT2D eigenvalue weighted by Crippen LogP contribution is 2.34. The van der Waals surface area contributed by atoms with E-state index in [0.717, 1.165) is 47.2 Å². The van der Waals surface area contributed by atoms with E-state index in [1.807, 2.05) is 57.2 Å². The van der Waals surface area contributed by atoms with E-state index in [2.05, 4.69) is 20.3 Å². The zero-order valence-electron chi connectivity index (χ0n) is 20.6. The van der Waals surface area contributed by atoms with Gasteiger partial charge in [-0.1, -0.05) is 31.4 Å². The topological polar surface area (TPSA) is 97.0 Å². The minimum absolute atomic E-state index is 0.242. The standard InChI is InChI=1S/C28H32N4O3/c1-4-35-28(34)24(14-20-6-5-7-20)16-23-15-22(9-8-18(23)2)25-19(3)31-26(32-25)27(33)30-17-21-10-12-29-13-11-21/h8-13,15-16,20H,4-7,14,17H2,1-3H3,(H,30,33)(H,31,32)/b24-16+. The van der Waals surface area contributed by atoms with E-state index in [4.69, 9.17) is 4.74 Å². The zero-order valence-corrected chi connectivity index (χ0v) is 20.6. The number of nitrogens with zero attached hydrogens (tertiary/aromatic N) is 2. The summed E-state index contributed by atoms with van der Waals surface area (Å²) in [4.78, 5) is 37.0. The maximum atomic E-state index is 12.7. The van der Waals surface area contributed by atoms with Crippen molar-refractivity contribution in [1.29, 1.82) is 0 Å². The Hall–Kier alpha value is -3.74. The molecule has 0 atom stereocenters. The molecule has 3 aromatic rings. The Morgan fingerprint density at radius 3 is 2.63 bits per heavy atom. The van der Waals surface area contributed by atoms with Crippen LogP contribution in [0.3, 0.4) is 0 Å². The quantitative estimate of drug-likeness (QED) is 0.331. The average molecular weight is 473 g/mol. The molecule has 1 saturated carbocycles. The first-order chi connectivity index (χ1) is 16.9. The third-order valence-corrected chi connectivity index (χ3v) is 6.46. The van der Waals surface area contributed by atoms with Crippen LogP contribution in [0.4, 0.5) is 0 Å². The summed E-state index contributed by atoms with van der Waals surface area (Å²) in [6.45, 7) is 6.51. The van der Waals surface area contributed by atoms with E-state index in [1.165, 1.54) is 6.42 Å². The number of aryl methyl sites for hydroxylation is 2. The maximum absolute atomic E-state index is 12.7. The molecule has 35 heavy (non-hydrogen) atoms. The number of hydrogen-bond donors (Lipinski definition) is 2. The minimum atomic E-state index is -0.270. The van der Waals surface area contributed by atoms with E-state index in [0.29, 0.717) is 30.3 Å². The summed E-state index contributed by atoms with van der Waals surface area (Å²) >= 11 is 0. The van der Waals surface area contributed by atoms with Gasteiger partial charge in [-0.15, -0.1) is 0 Å². The smallest absolute Gasteiger partial charge is 0.334 e. The Labute approximate surface area is 206 Å². The first kappa shape index (κ1) is 24.4. The molecule has 0 saturated heterocycles. The number of H-pyrrole nitrogens is 1. The van der Waals surface area contributed by atoms with Gasteiger partial charge in [-0.25, -0.2) is 9.78 Å². The van der Waals surface area contributed by atoms with Crippen LogP contribution in [-0.4, -0.2) is 33.4 Å². The van der Waals surface area contributed by atoms with Crippen LogP contribution in [0.5, 0.6) is 0 Å². The lowest BCUT2D eigenvalue weighted by atomic mass is 9.80. The van der Waals surface area contributed by atoms with Crippen LogP contribution in [0.1, 0.15) is 65.6 Å². The molecular weight excluding hydrogens is 440 g/mol. The lowest BCUT2D eigenvalue weighted by Gasteiger charge is -2.26. The number of amides is 1. The molecule has 0 bridgehead atoms. The fourth-order valence-corrected chi connectivity index (χ4v) is 4.18. The number of carbonyl (C=O) groups is 2. The maximum Gasteiger partial charge on any atom is 0.334 e. The summed E-state index contributed by atoms with van der Waals surface area (Å²) in [5.74, 6) is 0.305. The summed E-state index contributed by atoms with van der Waals surface area (Å²) in [7, 11) is 0. The normalized spacial score (nSPS) is 13.9. The number of benzene rings is 1. The third-order valence-electron chi connectivity index (χ3n) is 6.46. The molecule has 1 aromatic carbocycles. The summed E-state index contributed by atoms with van der Waals surface area (Å²) in [5, 5.41) is 2.89. The Morgan fingerprint density at radius 2 is 1.94 bits per heavy atom. The van der Waals surface area contributed by atoms with Crippen molar-refractivity contribution in [3.63, 3.8) is 0 Å². The van der Waals surface area contributed by atoms with Crippen molar-refractivity contribution < 1.29 is 14.3 Å². The molecule has 1 amide bonds. The minimum Gasteiger partial charge on any atom is -0.463 e. The lowest BCUT2D eigenvalue weighted by molar-refractivity contribution is -0.138. The molecule has 0 aliphatic heterocycles. The first-order valence-electron chi connectivity index (χ1n) is 12.2. The lowest BCUT2D eigenvalue weighted by Crippen LogP contribution is -2.24. The highest BCUT2D eigenvalue weighted by Gasteiger charge is 2.23. The number of carbonyl (C=O) groups excluding carboxylic acids is 2. The Balaban J connectivity index is 1.56. The molecule has 7 heteroatoms. The number of rotatable bonds is 9. The van der Waals surface area contributed by atoms with Crippen LogP contribution in [0.25, 0.3) is 17.3 Å². The van der Waals surface area contributed by atoms with Crippen molar-refractivity contribution >= 4 is 18.0 Å². The van der Waals surface area contributed by atoms with E-state index >= 15 is 0 Å². The van der Waals surface area contributed by atoms with Crippen molar-refractivity contribution in [1.82, 2.24) is 20.3 Å². The molecule has 0 spiro atoms. The molecule has 7 nitrogen and oxygen atoms in total. The van der Waals surface area contributed by atoms with Gasteiger partial charge in [0.05, 0.1) is 12.3 Å². The molecular formula is C28H32N4O3. The molecule has 182 valence electrons. The van der Waals surface area contributed by atoms with Crippen molar-refractivity contribution in [2.75, 3.05) is 6.61 Å². The number of ether oxygens (including phenoxy) is 1. The summed E-state index contributed by atoms with van der Waals surface area (Å²) in [6.07, 6.45) is 9.64. The van der Waals surface area contributed by atoms with Gasteiger partial charge < -0.3 is 15.0 Å². The molecule has 1 aliphatic carbocycles. The predicted octanol–water partition coefficient (Wildman–Crippen LogP) is 5.16. The first-order valence-corrected chi connectivity index (χ1v) is 12.2. The summed E-state index contributed by atoms with van der Waals surface area (Å²) in [5.41, 5.74) is 6.10. The van der Waals surface area contributed by atoms with Crippen LogP contribution in [0.2, 0.25) is 0 Å². The number of nitrogens with one attached hydrogen (secondary N) is 2. The van der Waals surface area contributed by atoms with Gasteiger partial charge in [0.1, 0.15) is 0 Å². The van der Waals surface area contributed by atoms with Crippen LogP contribution >= 0.6 is 0 Å². The van der Waals surface area contributed by atoms with Gasteiger partial charge in [0.15, 0.2) is 5.82 Å². The van der Waals surface area contributed by atoms with E-state index in [1.54, 1.807) is 12.4 Å². The van der Waals surface area contributed by atoms with Crippen LogP contribution in [0, 0.1) is 19.8 Å². The van der Waals surface area contributed by atoms with Gasteiger partial charge in [-0.3, -0.25) is 9.78 Å². The molecule has 2 N–H and O–H groups in total. The van der Waals surface area contributed by atoms with Crippen molar-refractivity contribution in [3.8, 4) is 11.3 Å². The number of imidazole rings is 1. The van der Waals surface area contributed by atoms with Crippen molar-refractivity contribution in [2.24, 2.45) is 5.92 Å². The number of esters is 1. The van der Waals surface area contributed by atoms with Gasteiger partial charge >= 0.3 is 5.97 Å². The fraction of sp³-hybridized carbons (Fsp3) is 0.357.